The minimum absolute atomic E-state index is 0.0458. The molecule has 0 radical (unpaired) electrons. The van der Waals surface area contributed by atoms with Crippen molar-refractivity contribution >= 4 is 0 Å². The molecule has 2 rings (SSSR count). The summed E-state index contributed by atoms with van der Waals surface area (Å²) >= 11 is 0. The second-order valence-corrected chi connectivity index (χ2v) is 6.51. The Bertz CT molecular complexity index is 425. The van der Waals surface area contributed by atoms with E-state index in [-0.39, 0.29) is 11.5 Å². The van der Waals surface area contributed by atoms with Gasteiger partial charge >= 0.3 is 0 Å². The first kappa shape index (κ1) is 14.5. The summed E-state index contributed by atoms with van der Waals surface area (Å²) in [7, 11) is 0. The summed E-state index contributed by atoms with van der Waals surface area (Å²) < 4.78 is 8.07. The number of rotatable bonds is 5. The van der Waals surface area contributed by atoms with Crippen molar-refractivity contribution in [3.8, 4) is 0 Å². The van der Waals surface area contributed by atoms with Crippen LogP contribution in [0.4, 0.5) is 0 Å². The lowest BCUT2D eigenvalue weighted by atomic mass is 9.64. The Kier molecular flexibility index (Phi) is 4.02. The molecule has 3 atom stereocenters. The molecule has 0 saturated heterocycles. The van der Waals surface area contributed by atoms with Gasteiger partial charge in [-0.15, -0.1) is 0 Å². The molecule has 1 aliphatic rings. The minimum atomic E-state index is 0.0458. The van der Waals surface area contributed by atoms with Gasteiger partial charge in [-0.25, -0.2) is 4.98 Å². The zero-order chi connectivity index (χ0) is 14.2. The second-order valence-electron chi connectivity index (χ2n) is 6.51. The van der Waals surface area contributed by atoms with Gasteiger partial charge in [0.25, 0.3) is 0 Å². The van der Waals surface area contributed by atoms with Crippen LogP contribution in [0.2, 0.25) is 0 Å². The van der Waals surface area contributed by atoms with Crippen molar-refractivity contribution in [1.82, 2.24) is 9.55 Å². The van der Waals surface area contributed by atoms with Crippen LogP contribution in [0, 0.1) is 11.3 Å². The van der Waals surface area contributed by atoms with Gasteiger partial charge in [0.15, 0.2) is 0 Å². The molecule has 4 nitrogen and oxygen atoms in total. The Morgan fingerprint density at radius 1 is 1.53 bits per heavy atom. The Balaban J connectivity index is 2.19. The summed E-state index contributed by atoms with van der Waals surface area (Å²) in [4.78, 5) is 4.31. The zero-order valence-corrected chi connectivity index (χ0v) is 12.8. The molecule has 4 heteroatoms. The highest BCUT2D eigenvalue weighted by Gasteiger charge is 2.50. The number of aromatic nitrogens is 2. The smallest absolute Gasteiger partial charge is 0.0951 e. The average molecular weight is 265 g/mol. The molecule has 1 saturated carbocycles. The van der Waals surface area contributed by atoms with Gasteiger partial charge in [-0.1, -0.05) is 27.7 Å². The van der Waals surface area contributed by atoms with Crippen LogP contribution in [0.3, 0.4) is 0 Å². The Hall–Kier alpha value is -0.870. The van der Waals surface area contributed by atoms with E-state index in [9.17, 15) is 0 Å². The Morgan fingerprint density at radius 3 is 2.74 bits per heavy atom. The molecule has 1 heterocycles. The van der Waals surface area contributed by atoms with Gasteiger partial charge < -0.3 is 15.0 Å². The molecular formula is C15H27N3O. The predicted molar refractivity (Wildman–Crippen MR) is 76.8 cm³/mol. The van der Waals surface area contributed by atoms with Gasteiger partial charge in [0, 0.05) is 30.3 Å². The lowest BCUT2D eigenvalue weighted by Crippen LogP contribution is -2.51. The van der Waals surface area contributed by atoms with Crippen molar-refractivity contribution in [2.24, 2.45) is 17.1 Å². The normalized spacial score (nSPS) is 27.3. The van der Waals surface area contributed by atoms with Gasteiger partial charge in [-0.2, -0.15) is 0 Å². The van der Waals surface area contributed by atoms with Crippen LogP contribution in [0.5, 0.6) is 0 Å². The lowest BCUT2D eigenvalue weighted by molar-refractivity contribution is -0.128. The van der Waals surface area contributed by atoms with E-state index in [1.165, 1.54) is 0 Å². The van der Waals surface area contributed by atoms with Crippen LogP contribution in [-0.4, -0.2) is 22.3 Å². The second kappa shape index (κ2) is 5.25. The van der Waals surface area contributed by atoms with Gasteiger partial charge in [-0.05, 0) is 19.3 Å². The van der Waals surface area contributed by atoms with Crippen LogP contribution < -0.4 is 5.73 Å². The first-order chi connectivity index (χ1) is 8.89. The molecule has 1 aromatic heterocycles. The highest BCUT2D eigenvalue weighted by molar-refractivity contribution is 5.12. The summed E-state index contributed by atoms with van der Waals surface area (Å²) in [6, 6.07) is 0.482. The van der Waals surface area contributed by atoms with E-state index >= 15 is 0 Å². The van der Waals surface area contributed by atoms with Crippen molar-refractivity contribution in [2.45, 2.75) is 59.2 Å². The third-order valence-corrected chi connectivity index (χ3v) is 4.59. The standard InChI is InChI=1S/C15H27N3O/c1-6-19-13-7-12(15(13,4)5)18-9-17-8-11(18)14(16)10(2)3/h8-10,12-14H,6-7,16H2,1-5H3. The molecule has 1 aromatic rings. The minimum Gasteiger partial charge on any atom is -0.378 e. The summed E-state index contributed by atoms with van der Waals surface area (Å²) in [6.45, 7) is 11.7. The molecule has 1 fully saturated rings. The molecular weight excluding hydrogens is 238 g/mol. The fourth-order valence-corrected chi connectivity index (χ4v) is 3.00. The third kappa shape index (κ3) is 2.43. The molecule has 0 bridgehead atoms. The van der Waals surface area contributed by atoms with Crippen LogP contribution in [0.1, 0.15) is 58.8 Å². The van der Waals surface area contributed by atoms with Crippen LogP contribution in [0.15, 0.2) is 12.5 Å². The monoisotopic (exact) mass is 265 g/mol. The number of hydrogen-bond acceptors (Lipinski definition) is 3. The Morgan fingerprint density at radius 2 is 2.21 bits per heavy atom. The fraction of sp³-hybridized carbons (Fsp3) is 0.800. The summed E-state index contributed by atoms with van der Waals surface area (Å²) in [5, 5.41) is 0. The van der Waals surface area contributed by atoms with Crippen LogP contribution in [0.25, 0.3) is 0 Å². The van der Waals surface area contributed by atoms with Crippen molar-refractivity contribution in [2.75, 3.05) is 6.61 Å². The van der Waals surface area contributed by atoms with Crippen molar-refractivity contribution in [3.05, 3.63) is 18.2 Å². The van der Waals surface area contributed by atoms with E-state index in [4.69, 9.17) is 10.5 Å². The molecule has 19 heavy (non-hydrogen) atoms. The highest BCUT2D eigenvalue weighted by atomic mass is 16.5. The summed E-state index contributed by atoms with van der Waals surface area (Å²) in [6.07, 6.45) is 5.23. The quantitative estimate of drug-likeness (QED) is 0.890. The van der Waals surface area contributed by atoms with E-state index in [1.54, 1.807) is 0 Å². The zero-order valence-electron chi connectivity index (χ0n) is 12.8. The molecule has 0 amide bonds. The van der Waals surface area contributed by atoms with Crippen molar-refractivity contribution < 1.29 is 4.74 Å². The molecule has 2 N–H and O–H groups in total. The topological polar surface area (TPSA) is 53.1 Å². The predicted octanol–water partition coefficient (Wildman–Crippen LogP) is 2.92. The number of nitrogens with two attached hydrogens (primary N) is 1. The van der Waals surface area contributed by atoms with Crippen LogP contribution >= 0.6 is 0 Å². The molecule has 3 unspecified atom stereocenters. The van der Waals surface area contributed by atoms with Crippen molar-refractivity contribution in [3.63, 3.8) is 0 Å². The average Bonchev–Trinajstić information content (AvgIpc) is 2.81. The van der Waals surface area contributed by atoms with Gasteiger partial charge in [0.1, 0.15) is 0 Å². The summed E-state index contributed by atoms with van der Waals surface area (Å²) in [5.41, 5.74) is 7.57. The number of imidazole rings is 1. The van der Waals surface area contributed by atoms with Gasteiger partial charge in [0.2, 0.25) is 0 Å². The van der Waals surface area contributed by atoms with Crippen LogP contribution in [-0.2, 0) is 4.74 Å². The SMILES string of the molecule is CCOC1CC(n2cncc2C(N)C(C)C)C1(C)C. The molecule has 1 aliphatic carbocycles. The first-order valence-corrected chi connectivity index (χ1v) is 7.28. The lowest BCUT2D eigenvalue weighted by Gasteiger charge is -2.52. The fourth-order valence-electron chi connectivity index (χ4n) is 3.00. The maximum absolute atomic E-state index is 6.29. The van der Waals surface area contributed by atoms with E-state index in [0.29, 0.717) is 18.1 Å². The number of ether oxygens (including phenoxy) is 1. The number of hydrogen-bond donors (Lipinski definition) is 1. The first-order valence-electron chi connectivity index (χ1n) is 7.28. The van der Waals surface area contributed by atoms with Crippen molar-refractivity contribution in [1.29, 1.82) is 0 Å². The Labute approximate surface area is 116 Å². The maximum atomic E-state index is 6.29. The largest absolute Gasteiger partial charge is 0.378 e. The van der Waals surface area contributed by atoms with E-state index in [0.717, 1.165) is 18.7 Å². The molecule has 0 spiro atoms. The van der Waals surface area contributed by atoms with Gasteiger partial charge in [0.05, 0.1) is 18.1 Å². The van der Waals surface area contributed by atoms with E-state index in [2.05, 4.69) is 44.2 Å². The third-order valence-electron chi connectivity index (χ3n) is 4.59. The number of nitrogens with zero attached hydrogens (tertiary/aromatic N) is 2. The molecule has 0 aromatic carbocycles. The maximum Gasteiger partial charge on any atom is 0.0951 e. The molecule has 0 aliphatic heterocycles. The van der Waals surface area contributed by atoms with E-state index in [1.807, 2.05) is 12.5 Å². The molecule has 108 valence electrons. The van der Waals surface area contributed by atoms with Gasteiger partial charge in [-0.3, -0.25) is 0 Å². The van der Waals surface area contributed by atoms with E-state index < -0.39 is 0 Å². The summed E-state index contributed by atoms with van der Waals surface area (Å²) in [5.74, 6) is 0.418. The highest BCUT2D eigenvalue weighted by Crippen LogP contribution is 2.52.